The molecule has 0 aliphatic heterocycles. The smallest absolute Gasteiger partial charge is 0.0487 e. The summed E-state index contributed by atoms with van der Waals surface area (Å²) >= 11 is 3.53. The zero-order valence-corrected chi connectivity index (χ0v) is 10.3. The first-order valence-electron chi connectivity index (χ1n) is 4.95. The predicted molar refractivity (Wildman–Crippen MR) is 63.3 cm³/mol. The number of aliphatic hydroxyl groups is 1. The molecule has 0 fully saturated rings. The van der Waals surface area contributed by atoms with E-state index in [1.807, 2.05) is 18.2 Å². The maximum Gasteiger partial charge on any atom is 0.0487 e. The molecular weight excluding hydrogens is 240 g/mol. The highest BCUT2D eigenvalue weighted by Crippen LogP contribution is 2.29. The lowest BCUT2D eigenvalue weighted by molar-refractivity contribution is 0.137. The van der Waals surface area contributed by atoms with E-state index in [-0.39, 0.29) is 12.0 Å². The standard InChI is InChI=1S/C12H17BrO/c1-3-12(2,9-14)8-10-6-4-5-7-11(10)13/h4-7,14H,3,8-9H2,1-2H3. The molecule has 1 atom stereocenters. The topological polar surface area (TPSA) is 20.2 Å². The number of hydrogen-bond acceptors (Lipinski definition) is 1. The molecule has 78 valence electrons. The molecule has 0 saturated carbocycles. The molecule has 1 nitrogen and oxygen atoms in total. The summed E-state index contributed by atoms with van der Waals surface area (Å²) in [5, 5.41) is 9.32. The van der Waals surface area contributed by atoms with Gasteiger partial charge < -0.3 is 5.11 Å². The van der Waals surface area contributed by atoms with Crippen molar-refractivity contribution in [3.05, 3.63) is 34.3 Å². The van der Waals surface area contributed by atoms with Crippen molar-refractivity contribution in [2.24, 2.45) is 5.41 Å². The van der Waals surface area contributed by atoms with Crippen LogP contribution in [0.2, 0.25) is 0 Å². The SMILES string of the molecule is CCC(C)(CO)Cc1ccccc1Br. The number of benzene rings is 1. The van der Waals surface area contributed by atoms with Crippen molar-refractivity contribution < 1.29 is 5.11 Å². The fraction of sp³-hybridized carbons (Fsp3) is 0.500. The molecule has 0 saturated heterocycles. The number of hydrogen-bond donors (Lipinski definition) is 1. The van der Waals surface area contributed by atoms with Crippen LogP contribution in [0.5, 0.6) is 0 Å². The van der Waals surface area contributed by atoms with E-state index < -0.39 is 0 Å². The highest BCUT2D eigenvalue weighted by atomic mass is 79.9. The fourth-order valence-electron chi connectivity index (χ4n) is 1.39. The van der Waals surface area contributed by atoms with Crippen molar-refractivity contribution in [3.63, 3.8) is 0 Å². The van der Waals surface area contributed by atoms with Crippen LogP contribution in [0.25, 0.3) is 0 Å². The highest BCUT2D eigenvalue weighted by molar-refractivity contribution is 9.10. The van der Waals surface area contributed by atoms with Gasteiger partial charge in [-0.15, -0.1) is 0 Å². The average molecular weight is 257 g/mol. The molecule has 0 aliphatic carbocycles. The van der Waals surface area contributed by atoms with Gasteiger partial charge in [0.2, 0.25) is 0 Å². The summed E-state index contributed by atoms with van der Waals surface area (Å²) in [6.45, 7) is 4.48. The van der Waals surface area contributed by atoms with E-state index in [1.165, 1.54) is 5.56 Å². The Labute approximate surface area is 94.3 Å². The van der Waals surface area contributed by atoms with Crippen molar-refractivity contribution in [2.45, 2.75) is 26.7 Å². The van der Waals surface area contributed by atoms with Crippen LogP contribution in [-0.2, 0) is 6.42 Å². The maximum atomic E-state index is 9.32. The molecule has 0 radical (unpaired) electrons. The summed E-state index contributed by atoms with van der Waals surface area (Å²) in [5.41, 5.74) is 1.27. The molecule has 0 aromatic heterocycles. The van der Waals surface area contributed by atoms with Crippen molar-refractivity contribution >= 4 is 15.9 Å². The van der Waals surface area contributed by atoms with Crippen molar-refractivity contribution in [1.82, 2.24) is 0 Å². The minimum absolute atomic E-state index is 0.00384. The van der Waals surface area contributed by atoms with E-state index in [0.717, 1.165) is 17.3 Å². The molecule has 0 spiro atoms. The second-order valence-electron chi connectivity index (χ2n) is 4.09. The van der Waals surface area contributed by atoms with E-state index in [1.54, 1.807) is 0 Å². The first-order chi connectivity index (χ1) is 6.61. The maximum absolute atomic E-state index is 9.32. The molecule has 14 heavy (non-hydrogen) atoms. The number of rotatable bonds is 4. The number of halogens is 1. The lowest BCUT2D eigenvalue weighted by atomic mass is 9.82. The lowest BCUT2D eigenvalue weighted by Gasteiger charge is -2.26. The van der Waals surface area contributed by atoms with E-state index in [9.17, 15) is 5.11 Å². The third kappa shape index (κ3) is 2.82. The van der Waals surface area contributed by atoms with Crippen LogP contribution in [0.4, 0.5) is 0 Å². The minimum atomic E-state index is 0.00384. The average Bonchev–Trinajstić information content (AvgIpc) is 2.21. The van der Waals surface area contributed by atoms with E-state index >= 15 is 0 Å². The Morgan fingerprint density at radius 3 is 2.50 bits per heavy atom. The zero-order valence-electron chi connectivity index (χ0n) is 8.76. The second-order valence-corrected chi connectivity index (χ2v) is 4.94. The monoisotopic (exact) mass is 256 g/mol. The molecule has 1 aromatic rings. The largest absolute Gasteiger partial charge is 0.396 e. The van der Waals surface area contributed by atoms with Crippen molar-refractivity contribution in [3.8, 4) is 0 Å². The molecule has 2 heteroatoms. The number of aliphatic hydroxyl groups excluding tert-OH is 1. The van der Waals surface area contributed by atoms with Gasteiger partial charge in [-0.2, -0.15) is 0 Å². The molecule has 1 aromatic carbocycles. The first-order valence-corrected chi connectivity index (χ1v) is 5.75. The normalized spacial score (nSPS) is 15.1. The van der Waals surface area contributed by atoms with E-state index in [4.69, 9.17) is 0 Å². The Kier molecular flexibility index (Phi) is 4.14. The quantitative estimate of drug-likeness (QED) is 0.876. The van der Waals surface area contributed by atoms with Crippen LogP contribution in [-0.4, -0.2) is 11.7 Å². The third-order valence-corrected chi connectivity index (χ3v) is 3.58. The van der Waals surface area contributed by atoms with Gasteiger partial charge in [-0.1, -0.05) is 48.0 Å². The van der Waals surface area contributed by atoms with Crippen molar-refractivity contribution in [1.29, 1.82) is 0 Å². The molecular formula is C12H17BrO. The predicted octanol–water partition coefficient (Wildman–Crippen LogP) is 3.40. The fourth-order valence-corrected chi connectivity index (χ4v) is 1.82. The molecule has 0 amide bonds. The molecule has 1 unspecified atom stereocenters. The van der Waals surface area contributed by atoms with Crippen LogP contribution in [0.15, 0.2) is 28.7 Å². The van der Waals surface area contributed by atoms with Crippen LogP contribution < -0.4 is 0 Å². The summed E-state index contributed by atoms with van der Waals surface area (Å²) in [4.78, 5) is 0. The Hall–Kier alpha value is -0.340. The Morgan fingerprint density at radius 2 is 2.00 bits per heavy atom. The Bertz CT molecular complexity index is 292. The molecule has 1 rings (SSSR count). The molecule has 0 aliphatic rings. The van der Waals surface area contributed by atoms with Gasteiger partial charge in [-0.3, -0.25) is 0 Å². The Morgan fingerprint density at radius 1 is 1.36 bits per heavy atom. The molecule has 1 N–H and O–H groups in total. The third-order valence-electron chi connectivity index (χ3n) is 2.81. The highest BCUT2D eigenvalue weighted by Gasteiger charge is 2.22. The van der Waals surface area contributed by atoms with Gasteiger partial charge in [0, 0.05) is 11.1 Å². The van der Waals surface area contributed by atoms with Gasteiger partial charge in [-0.05, 0) is 29.9 Å². The van der Waals surface area contributed by atoms with Crippen LogP contribution in [0, 0.1) is 5.41 Å². The molecule has 0 bridgehead atoms. The van der Waals surface area contributed by atoms with Crippen LogP contribution >= 0.6 is 15.9 Å². The summed E-state index contributed by atoms with van der Waals surface area (Å²) in [7, 11) is 0. The van der Waals surface area contributed by atoms with Gasteiger partial charge in [-0.25, -0.2) is 0 Å². The summed E-state index contributed by atoms with van der Waals surface area (Å²) in [6, 6.07) is 8.19. The van der Waals surface area contributed by atoms with Gasteiger partial charge in [0.1, 0.15) is 0 Å². The van der Waals surface area contributed by atoms with E-state index in [0.29, 0.717) is 0 Å². The van der Waals surface area contributed by atoms with Crippen LogP contribution in [0.3, 0.4) is 0 Å². The Balaban J connectivity index is 2.82. The van der Waals surface area contributed by atoms with Gasteiger partial charge >= 0.3 is 0 Å². The van der Waals surface area contributed by atoms with Crippen LogP contribution in [0.1, 0.15) is 25.8 Å². The second kappa shape index (κ2) is 4.94. The summed E-state index contributed by atoms with van der Waals surface area (Å²) < 4.78 is 1.13. The summed E-state index contributed by atoms with van der Waals surface area (Å²) in [5.74, 6) is 0. The molecule has 0 heterocycles. The lowest BCUT2D eigenvalue weighted by Crippen LogP contribution is -2.23. The first kappa shape index (κ1) is 11.7. The minimum Gasteiger partial charge on any atom is -0.396 e. The zero-order chi connectivity index (χ0) is 10.6. The van der Waals surface area contributed by atoms with Gasteiger partial charge in [0.25, 0.3) is 0 Å². The van der Waals surface area contributed by atoms with Gasteiger partial charge in [0.05, 0.1) is 0 Å². The van der Waals surface area contributed by atoms with E-state index in [2.05, 4.69) is 35.8 Å². The summed E-state index contributed by atoms with van der Waals surface area (Å²) in [6.07, 6.45) is 1.91. The van der Waals surface area contributed by atoms with Gasteiger partial charge in [0.15, 0.2) is 0 Å². The van der Waals surface area contributed by atoms with Crippen molar-refractivity contribution in [2.75, 3.05) is 6.61 Å².